The summed E-state index contributed by atoms with van der Waals surface area (Å²) in [5.74, 6) is 0.937. The highest BCUT2D eigenvalue weighted by molar-refractivity contribution is 5.70. The fraction of sp³-hybridized carbons (Fsp3) is 0.375. The lowest BCUT2D eigenvalue weighted by molar-refractivity contribution is 1.08. The highest BCUT2D eigenvalue weighted by atomic mass is 15.1. The maximum absolute atomic E-state index is 4.44. The molecular weight excluding hydrogens is 234 g/mol. The molecule has 0 atom stereocenters. The van der Waals surface area contributed by atoms with Crippen molar-refractivity contribution in [2.45, 2.75) is 39.7 Å². The summed E-state index contributed by atoms with van der Waals surface area (Å²) in [6.45, 7) is 6.42. The average molecular weight is 253 g/mol. The Labute approximate surface area is 114 Å². The van der Waals surface area contributed by atoms with Crippen LogP contribution in [0.15, 0.2) is 24.5 Å². The number of aryl methyl sites for hydroxylation is 3. The Hall–Kier alpha value is -1.90. The van der Waals surface area contributed by atoms with E-state index in [0.717, 1.165) is 11.5 Å². The van der Waals surface area contributed by atoms with Gasteiger partial charge in [-0.2, -0.15) is 0 Å². The summed E-state index contributed by atoms with van der Waals surface area (Å²) in [6.07, 6.45) is 4.16. The summed E-state index contributed by atoms with van der Waals surface area (Å²) in [6, 6.07) is 7.09. The van der Waals surface area contributed by atoms with E-state index in [9.17, 15) is 0 Å². The predicted molar refractivity (Wildman–Crippen MR) is 78.3 cm³/mol. The van der Waals surface area contributed by atoms with Crippen LogP contribution in [0.3, 0.4) is 0 Å². The number of nitrogens with zero attached hydrogens (tertiary/aromatic N) is 2. The first kappa shape index (κ1) is 12.2. The van der Waals surface area contributed by atoms with Gasteiger partial charge in [0.05, 0.1) is 5.69 Å². The minimum atomic E-state index is 0.614. The van der Waals surface area contributed by atoms with Gasteiger partial charge in [-0.15, -0.1) is 0 Å². The largest absolute Gasteiger partial charge is 0.367 e. The van der Waals surface area contributed by atoms with E-state index >= 15 is 0 Å². The molecule has 0 unspecified atom stereocenters. The number of rotatable bonds is 3. The second-order valence-electron chi connectivity index (χ2n) is 5.48. The summed E-state index contributed by atoms with van der Waals surface area (Å²) in [7, 11) is 0. The van der Waals surface area contributed by atoms with Crippen molar-refractivity contribution in [3.63, 3.8) is 0 Å². The van der Waals surface area contributed by atoms with Crippen molar-refractivity contribution in [3.05, 3.63) is 41.2 Å². The van der Waals surface area contributed by atoms with Crippen molar-refractivity contribution < 1.29 is 0 Å². The van der Waals surface area contributed by atoms with Crippen LogP contribution in [0.4, 0.5) is 5.82 Å². The molecule has 1 fully saturated rings. The van der Waals surface area contributed by atoms with Crippen molar-refractivity contribution in [1.82, 2.24) is 9.97 Å². The van der Waals surface area contributed by atoms with Crippen LogP contribution in [0.1, 0.15) is 29.5 Å². The molecule has 0 saturated heterocycles. The summed E-state index contributed by atoms with van der Waals surface area (Å²) < 4.78 is 0. The van der Waals surface area contributed by atoms with Gasteiger partial charge in [-0.05, 0) is 44.7 Å². The van der Waals surface area contributed by atoms with Gasteiger partial charge in [-0.25, -0.2) is 9.97 Å². The van der Waals surface area contributed by atoms with Gasteiger partial charge in [0.25, 0.3) is 0 Å². The smallest absolute Gasteiger partial charge is 0.130 e. The number of aromatic nitrogens is 2. The molecule has 98 valence electrons. The number of hydrogen-bond donors (Lipinski definition) is 1. The molecule has 0 spiro atoms. The zero-order valence-corrected chi connectivity index (χ0v) is 11.7. The van der Waals surface area contributed by atoms with E-state index in [2.05, 4.69) is 54.3 Å². The lowest BCUT2D eigenvalue weighted by Crippen LogP contribution is -2.04. The average Bonchev–Trinajstić information content (AvgIpc) is 3.12. The van der Waals surface area contributed by atoms with Gasteiger partial charge >= 0.3 is 0 Å². The van der Waals surface area contributed by atoms with Gasteiger partial charge < -0.3 is 5.32 Å². The van der Waals surface area contributed by atoms with Crippen molar-refractivity contribution >= 4 is 5.82 Å². The first-order valence-electron chi connectivity index (χ1n) is 6.80. The molecule has 1 aromatic heterocycles. The second-order valence-corrected chi connectivity index (χ2v) is 5.48. The SMILES string of the molecule is Cc1cc(C)c(-c2cc(NC3CC3)ncn2)c(C)c1. The van der Waals surface area contributed by atoms with E-state index in [1.807, 2.05) is 0 Å². The standard InChI is InChI=1S/C16H19N3/c1-10-6-11(2)16(12(3)7-10)14-8-15(18-9-17-14)19-13-4-5-13/h6-9,13H,4-5H2,1-3H3,(H,17,18,19). The molecule has 0 bridgehead atoms. The highest BCUT2D eigenvalue weighted by Gasteiger charge is 2.21. The van der Waals surface area contributed by atoms with Crippen molar-refractivity contribution in [1.29, 1.82) is 0 Å². The van der Waals surface area contributed by atoms with Gasteiger partial charge in [0.15, 0.2) is 0 Å². The van der Waals surface area contributed by atoms with Crippen LogP contribution in [0.5, 0.6) is 0 Å². The van der Waals surface area contributed by atoms with Gasteiger partial charge in [0.1, 0.15) is 12.1 Å². The highest BCUT2D eigenvalue weighted by Crippen LogP contribution is 2.29. The minimum Gasteiger partial charge on any atom is -0.367 e. The van der Waals surface area contributed by atoms with Gasteiger partial charge in [-0.3, -0.25) is 0 Å². The number of anilines is 1. The van der Waals surface area contributed by atoms with Crippen LogP contribution in [0, 0.1) is 20.8 Å². The predicted octanol–water partition coefficient (Wildman–Crippen LogP) is 3.64. The molecule has 1 aliphatic rings. The lowest BCUT2D eigenvalue weighted by Gasteiger charge is -2.12. The van der Waals surface area contributed by atoms with Crippen LogP contribution >= 0.6 is 0 Å². The summed E-state index contributed by atoms with van der Waals surface area (Å²) in [5.41, 5.74) is 6.08. The normalized spacial score (nSPS) is 14.5. The third kappa shape index (κ3) is 2.60. The van der Waals surface area contributed by atoms with Crippen molar-refractivity contribution in [3.8, 4) is 11.3 Å². The van der Waals surface area contributed by atoms with E-state index < -0.39 is 0 Å². The Morgan fingerprint density at radius 3 is 2.32 bits per heavy atom. The first-order valence-corrected chi connectivity index (χ1v) is 6.80. The van der Waals surface area contributed by atoms with E-state index in [-0.39, 0.29) is 0 Å². The monoisotopic (exact) mass is 253 g/mol. The van der Waals surface area contributed by atoms with Crippen LogP contribution in [0.25, 0.3) is 11.3 Å². The maximum atomic E-state index is 4.44. The fourth-order valence-electron chi connectivity index (χ4n) is 2.59. The Morgan fingerprint density at radius 2 is 1.68 bits per heavy atom. The minimum absolute atomic E-state index is 0.614. The van der Waals surface area contributed by atoms with Gasteiger partial charge in [-0.1, -0.05) is 17.7 Å². The molecule has 0 radical (unpaired) electrons. The molecule has 1 N–H and O–H groups in total. The Bertz CT molecular complexity index is 592. The zero-order valence-electron chi connectivity index (χ0n) is 11.7. The molecule has 3 nitrogen and oxygen atoms in total. The molecule has 1 aromatic carbocycles. The van der Waals surface area contributed by atoms with Gasteiger partial charge in [0.2, 0.25) is 0 Å². The second kappa shape index (κ2) is 4.65. The number of nitrogens with one attached hydrogen (secondary N) is 1. The summed E-state index contributed by atoms with van der Waals surface area (Å²) in [4.78, 5) is 8.74. The van der Waals surface area contributed by atoms with Crippen molar-refractivity contribution in [2.24, 2.45) is 0 Å². The quantitative estimate of drug-likeness (QED) is 0.907. The Balaban J connectivity index is 2.01. The molecule has 0 aliphatic heterocycles. The van der Waals surface area contributed by atoms with E-state index in [0.29, 0.717) is 6.04 Å². The molecule has 1 aliphatic carbocycles. The Kier molecular flexibility index (Phi) is 2.97. The molecule has 0 amide bonds. The molecule has 2 aromatic rings. The molecule has 3 rings (SSSR count). The third-order valence-electron chi connectivity index (χ3n) is 3.53. The van der Waals surface area contributed by atoms with Crippen LogP contribution < -0.4 is 5.32 Å². The number of hydrogen-bond acceptors (Lipinski definition) is 3. The van der Waals surface area contributed by atoms with Crippen LogP contribution in [-0.4, -0.2) is 16.0 Å². The van der Waals surface area contributed by atoms with E-state index in [1.54, 1.807) is 6.33 Å². The topological polar surface area (TPSA) is 37.8 Å². The Morgan fingerprint density at radius 1 is 1.00 bits per heavy atom. The molecular formula is C16H19N3. The van der Waals surface area contributed by atoms with E-state index in [1.165, 1.54) is 35.1 Å². The fourth-order valence-corrected chi connectivity index (χ4v) is 2.59. The maximum Gasteiger partial charge on any atom is 0.130 e. The van der Waals surface area contributed by atoms with Crippen molar-refractivity contribution in [2.75, 3.05) is 5.32 Å². The zero-order chi connectivity index (χ0) is 13.4. The first-order chi connectivity index (χ1) is 9.13. The summed E-state index contributed by atoms with van der Waals surface area (Å²) >= 11 is 0. The third-order valence-corrected chi connectivity index (χ3v) is 3.53. The van der Waals surface area contributed by atoms with E-state index in [4.69, 9.17) is 0 Å². The molecule has 1 saturated carbocycles. The van der Waals surface area contributed by atoms with Crippen LogP contribution in [-0.2, 0) is 0 Å². The van der Waals surface area contributed by atoms with Crippen LogP contribution in [0.2, 0.25) is 0 Å². The summed E-state index contributed by atoms with van der Waals surface area (Å²) in [5, 5.41) is 3.43. The van der Waals surface area contributed by atoms with Gasteiger partial charge in [0, 0.05) is 17.7 Å². The molecule has 3 heteroatoms. The lowest BCUT2D eigenvalue weighted by atomic mass is 9.97. The molecule has 19 heavy (non-hydrogen) atoms. The molecule has 1 heterocycles. The number of benzene rings is 1.